The van der Waals surface area contributed by atoms with Crippen LogP contribution in [0.15, 0.2) is 0 Å². The van der Waals surface area contributed by atoms with Gasteiger partial charge >= 0.3 is 6.03 Å². The van der Waals surface area contributed by atoms with Gasteiger partial charge < -0.3 is 16.0 Å². The van der Waals surface area contributed by atoms with Crippen LogP contribution in [0.4, 0.5) is 4.79 Å². The normalized spacial score (nSPS) is 9.77. The van der Waals surface area contributed by atoms with Crippen molar-refractivity contribution in [2.75, 3.05) is 26.2 Å². The van der Waals surface area contributed by atoms with Gasteiger partial charge in [0, 0.05) is 26.2 Å². The van der Waals surface area contributed by atoms with E-state index in [1.807, 2.05) is 6.92 Å². The average Bonchev–Trinajstić information content (AvgIpc) is 2.12. The molecule has 0 aliphatic rings. The highest BCUT2D eigenvalue weighted by Crippen LogP contribution is 1.94. The summed E-state index contributed by atoms with van der Waals surface area (Å²) in [7, 11) is 0. The zero-order valence-corrected chi connectivity index (χ0v) is 8.68. The number of carbonyl (C=O) groups excluding carboxylic acids is 1. The number of carbonyl (C=O) groups is 1. The van der Waals surface area contributed by atoms with Crippen molar-refractivity contribution >= 4 is 6.03 Å². The first-order valence-electron chi connectivity index (χ1n) is 4.99. The van der Waals surface area contributed by atoms with Gasteiger partial charge in [0.1, 0.15) is 0 Å². The molecule has 13 heavy (non-hydrogen) atoms. The van der Waals surface area contributed by atoms with Crippen LogP contribution in [0.3, 0.4) is 0 Å². The van der Waals surface area contributed by atoms with Crippen LogP contribution >= 0.6 is 0 Å². The highest BCUT2D eigenvalue weighted by molar-refractivity contribution is 5.74. The van der Waals surface area contributed by atoms with E-state index in [1.54, 1.807) is 4.90 Å². The predicted molar refractivity (Wildman–Crippen MR) is 54.6 cm³/mol. The Balaban J connectivity index is 3.83. The molecule has 0 heterocycles. The van der Waals surface area contributed by atoms with Crippen molar-refractivity contribution in [1.29, 1.82) is 0 Å². The van der Waals surface area contributed by atoms with E-state index in [4.69, 9.17) is 5.73 Å². The summed E-state index contributed by atoms with van der Waals surface area (Å²) in [6.07, 6.45) is 2.14. The molecular weight excluding hydrogens is 166 g/mol. The number of hydrogen-bond acceptors (Lipinski definition) is 2. The third-order valence-corrected chi connectivity index (χ3v) is 1.80. The minimum absolute atomic E-state index is 0.00130. The Morgan fingerprint density at radius 1 is 1.38 bits per heavy atom. The summed E-state index contributed by atoms with van der Waals surface area (Å²) >= 11 is 0. The molecule has 0 saturated carbocycles. The van der Waals surface area contributed by atoms with Gasteiger partial charge in [0.2, 0.25) is 0 Å². The molecule has 0 aromatic carbocycles. The van der Waals surface area contributed by atoms with Crippen molar-refractivity contribution < 1.29 is 4.79 Å². The number of nitrogens with zero attached hydrogens (tertiary/aromatic N) is 1. The topological polar surface area (TPSA) is 58.4 Å². The Hall–Kier alpha value is -0.770. The second-order valence-electron chi connectivity index (χ2n) is 2.96. The average molecular weight is 187 g/mol. The van der Waals surface area contributed by atoms with Gasteiger partial charge in [0.25, 0.3) is 0 Å². The van der Waals surface area contributed by atoms with Gasteiger partial charge in [-0.3, -0.25) is 0 Å². The van der Waals surface area contributed by atoms with Crippen LogP contribution < -0.4 is 11.1 Å². The predicted octanol–water partition coefficient (Wildman–Crippen LogP) is 0.777. The molecule has 0 rings (SSSR count). The third kappa shape index (κ3) is 5.47. The lowest BCUT2D eigenvalue weighted by Gasteiger charge is -2.21. The smallest absolute Gasteiger partial charge is 0.317 e. The van der Waals surface area contributed by atoms with E-state index in [0.717, 1.165) is 19.4 Å². The number of unbranched alkanes of at least 4 members (excludes halogenated alkanes) is 1. The standard InChI is InChI=1S/C9H21N3O/c1-3-5-7-12(8-6-10)9(13)11-4-2/h3-8,10H2,1-2H3,(H,11,13). The molecule has 0 bridgehead atoms. The molecule has 0 aromatic heterocycles. The number of amides is 2. The van der Waals surface area contributed by atoms with Crippen LogP contribution in [0.5, 0.6) is 0 Å². The van der Waals surface area contributed by atoms with Crippen molar-refractivity contribution in [2.45, 2.75) is 26.7 Å². The molecular formula is C9H21N3O. The highest BCUT2D eigenvalue weighted by Gasteiger charge is 2.09. The first-order valence-corrected chi connectivity index (χ1v) is 4.99. The molecule has 78 valence electrons. The number of rotatable bonds is 6. The van der Waals surface area contributed by atoms with Gasteiger partial charge in [-0.25, -0.2) is 4.79 Å². The highest BCUT2D eigenvalue weighted by atomic mass is 16.2. The Morgan fingerprint density at radius 2 is 2.08 bits per heavy atom. The fraction of sp³-hybridized carbons (Fsp3) is 0.889. The summed E-state index contributed by atoms with van der Waals surface area (Å²) < 4.78 is 0. The van der Waals surface area contributed by atoms with Crippen molar-refractivity contribution in [1.82, 2.24) is 10.2 Å². The maximum atomic E-state index is 11.4. The number of nitrogens with two attached hydrogens (primary N) is 1. The van der Waals surface area contributed by atoms with Crippen LogP contribution in [0.25, 0.3) is 0 Å². The number of nitrogens with one attached hydrogen (secondary N) is 1. The van der Waals surface area contributed by atoms with Gasteiger partial charge in [-0.05, 0) is 13.3 Å². The zero-order chi connectivity index (χ0) is 10.1. The lowest BCUT2D eigenvalue weighted by atomic mass is 10.3. The van der Waals surface area contributed by atoms with Gasteiger partial charge in [-0.15, -0.1) is 0 Å². The summed E-state index contributed by atoms with van der Waals surface area (Å²) in [5, 5.41) is 2.77. The zero-order valence-electron chi connectivity index (χ0n) is 8.68. The van der Waals surface area contributed by atoms with E-state index in [0.29, 0.717) is 19.6 Å². The SMILES string of the molecule is CCCCN(CCN)C(=O)NCC. The van der Waals surface area contributed by atoms with E-state index in [9.17, 15) is 4.79 Å². The largest absolute Gasteiger partial charge is 0.338 e. The van der Waals surface area contributed by atoms with E-state index < -0.39 is 0 Å². The Labute approximate surface area is 80.5 Å². The molecule has 0 atom stereocenters. The molecule has 0 spiro atoms. The van der Waals surface area contributed by atoms with Crippen molar-refractivity contribution in [2.24, 2.45) is 5.73 Å². The third-order valence-electron chi connectivity index (χ3n) is 1.80. The van der Waals surface area contributed by atoms with E-state index in [2.05, 4.69) is 12.2 Å². The van der Waals surface area contributed by atoms with E-state index in [1.165, 1.54) is 0 Å². The number of urea groups is 1. The van der Waals surface area contributed by atoms with E-state index in [-0.39, 0.29) is 6.03 Å². The molecule has 4 heteroatoms. The second kappa shape index (κ2) is 7.86. The molecule has 0 radical (unpaired) electrons. The Kier molecular flexibility index (Phi) is 7.39. The van der Waals surface area contributed by atoms with E-state index >= 15 is 0 Å². The minimum Gasteiger partial charge on any atom is -0.338 e. The minimum atomic E-state index is 0.00130. The van der Waals surface area contributed by atoms with Gasteiger partial charge in [0.15, 0.2) is 0 Å². The van der Waals surface area contributed by atoms with Crippen LogP contribution in [0.1, 0.15) is 26.7 Å². The van der Waals surface area contributed by atoms with Gasteiger partial charge in [0.05, 0.1) is 0 Å². The first-order chi connectivity index (χ1) is 6.26. The summed E-state index contributed by atoms with van der Waals surface area (Å²) in [5.74, 6) is 0. The number of hydrogen-bond donors (Lipinski definition) is 2. The molecule has 0 aliphatic carbocycles. The Morgan fingerprint density at radius 3 is 2.54 bits per heavy atom. The van der Waals surface area contributed by atoms with Crippen LogP contribution in [0.2, 0.25) is 0 Å². The molecule has 4 nitrogen and oxygen atoms in total. The molecule has 0 unspecified atom stereocenters. The van der Waals surface area contributed by atoms with Gasteiger partial charge in [-0.2, -0.15) is 0 Å². The second-order valence-corrected chi connectivity index (χ2v) is 2.96. The maximum absolute atomic E-state index is 11.4. The lowest BCUT2D eigenvalue weighted by Crippen LogP contribution is -2.42. The maximum Gasteiger partial charge on any atom is 0.317 e. The van der Waals surface area contributed by atoms with Crippen LogP contribution in [0, 0.1) is 0 Å². The molecule has 0 aliphatic heterocycles. The molecule has 3 N–H and O–H groups in total. The molecule has 0 saturated heterocycles. The van der Waals surface area contributed by atoms with Crippen molar-refractivity contribution in [3.05, 3.63) is 0 Å². The molecule has 0 aromatic rings. The fourth-order valence-electron chi connectivity index (χ4n) is 1.08. The van der Waals surface area contributed by atoms with Crippen LogP contribution in [-0.2, 0) is 0 Å². The summed E-state index contributed by atoms with van der Waals surface area (Å²) in [6.45, 7) is 6.68. The summed E-state index contributed by atoms with van der Waals surface area (Å²) in [4.78, 5) is 13.2. The quantitative estimate of drug-likeness (QED) is 0.645. The summed E-state index contributed by atoms with van der Waals surface area (Å²) in [6, 6.07) is 0.00130. The molecule has 2 amide bonds. The fourth-order valence-corrected chi connectivity index (χ4v) is 1.08. The molecule has 0 fully saturated rings. The van der Waals surface area contributed by atoms with Crippen LogP contribution in [-0.4, -0.2) is 37.1 Å². The van der Waals surface area contributed by atoms with Crippen molar-refractivity contribution in [3.8, 4) is 0 Å². The first kappa shape index (κ1) is 12.2. The lowest BCUT2D eigenvalue weighted by molar-refractivity contribution is 0.199. The Bertz CT molecular complexity index is 139. The van der Waals surface area contributed by atoms with Gasteiger partial charge in [-0.1, -0.05) is 13.3 Å². The summed E-state index contributed by atoms with van der Waals surface area (Å²) in [5.41, 5.74) is 5.41. The van der Waals surface area contributed by atoms with Crippen molar-refractivity contribution in [3.63, 3.8) is 0 Å². The monoisotopic (exact) mass is 187 g/mol.